The molecule has 0 aliphatic carbocycles. The summed E-state index contributed by atoms with van der Waals surface area (Å²) in [6.07, 6.45) is 6.24. The number of benzene rings is 1. The summed E-state index contributed by atoms with van der Waals surface area (Å²) < 4.78 is 11.0. The fourth-order valence-electron chi connectivity index (χ4n) is 3.90. The molecule has 3 rings (SSSR count). The smallest absolute Gasteiger partial charge is 0.224 e. The molecule has 2 aliphatic rings. The summed E-state index contributed by atoms with van der Waals surface area (Å²) in [5, 5.41) is 0. The number of hydrogen-bond acceptors (Lipinski definition) is 4. The molecule has 0 spiro atoms. The van der Waals surface area contributed by atoms with Crippen LogP contribution in [0.5, 0.6) is 5.75 Å². The van der Waals surface area contributed by atoms with Crippen LogP contribution in [-0.2, 0) is 20.9 Å². The first-order chi connectivity index (χ1) is 13.7. The van der Waals surface area contributed by atoms with E-state index in [1.165, 1.54) is 0 Å². The number of hydrogen-bond donors (Lipinski definition) is 0. The molecule has 0 bridgehead atoms. The Hall–Kier alpha value is -2.08. The van der Waals surface area contributed by atoms with E-state index in [2.05, 4.69) is 0 Å². The highest BCUT2D eigenvalue weighted by Crippen LogP contribution is 2.18. The van der Waals surface area contributed by atoms with Crippen LogP contribution in [0, 0.1) is 0 Å². The van der Waals surface area contributed by atoms with E-state index >= 15 is 0 Å². The summed E-state index contributed by atoms with van der Waals surface area (Å²) in [6, 6.07) is 7.82. The molecule has 6 heteroatoms. The molecule has 1 aromatic rings. The van der Waals surface area contributed by atoms with Crippen molar-refractivity contribution in [1.82, 2.24) is 9.80 Å². The molecule has 1 unspecified atom stereocenters. The highest BCUT2D eigenvalue weighted by Gasteiger charge is 2.24. The second kappa shape index (κ2) is 10.5. The van der Waals surface area contributed by atoms with Crippen LogP contribution in [0.25, 0.3) is 0 Å². The van der Waals surface area contributed by atoms with E-state index in [0.717, 1.165) is 56.6 Å². The maximum absolute atomic E-state index is 13.0. The summed E-state index contributed by atoms with van der Waals surface area (Å²) in [7, 11) is 1.65. The van der Waals surface area contributed by atoms with Crippen molar-refractivity contribution in [3.05, 3.63) is 29.8 Å². The first-order valence-electron chi connectivity index (χ1n) is 10.5. The van der Waals surface area contributed by atoms with Gasteiger partial charge in [-0.25, -0.2) is 0 Å². The van der Waals surface area contributed by atoms with Gasteiger partial charge in [-0.2, -0.15) is 0 Å². The van der Waals surface area contributed by atoms with E-state index in [1.54, 1.807) is 7.11 Å². The van der Waals surface area contributed by atoms with E-state index < -0.39 is 0 Å². The molecule has 2 amide bonds. The number of amides is 2. The molecule has 1 aromatic carbocycles. The molecular weight excluding hydrogens is 356 g/mol. The molecule has 0 N–H and O–H groups in total. The topological polar surface area (TPSA) is 59.1 Å². The zero-order chi connectivity index (χ0) is 19.8. The summed E-state index contributed by atoms with van der Waals surface area (Å²) in [5.74, 6) is 1.08. The van der Waals surface area contributed by atoms with E-state index in [4.69, 9.17) is 9.47 Å². The van der Waals surface area contributed by atoms with Crippen molar-refractivity contribution in [2.45, 2.75) is 57.6 Å². The van der Waals surface area contributed by atoms with Crippen LogP contribution in [0.1, 0.15) is 50.5 Å². The third kappa shape index (κ3) is 5.96. The molecule has 1 atom stereocenters. The molecule has 0 saturated carbocycles. The molecular formula is C22H32N2O4. The van der Waals surface area contributed by atoms with Gasteiger partial charge in [-0.05, 0) is 43.4 Å². The first-order valence-corrected chi connectivity index (χ1v) is 10.5. The molecule has 154 valence electrons. The van der Waals surface area contributed by atoms with Crippen LogP contribution < -0.4 is 4.74 Å². The molecule has 2 heterocycles. The van der Waals surface area contributed by atoms with Crippen LogP contribution >= 0.6 is 0 Å². The number of carbonyl (C=O) groups is 2. The zero-order valence-electron chi connectivity index (χ0n) is 16.9. The highest BCUT2D eigenvalue weighted by atomic mass is 16.5. The summed E-state index contributed by atoms with van der Waals surface area (Å²) >= 11 is 0. The predicted octanol–water partition coefficient (Wildman–Crippen LogP) is 3.00. The van der Waals surface area contributed by atoms with E-state index in [9.17, 15) is 9.59 Å². The second-order valence-corrected chi connectivity index (χ2v) is 7.70. The van der Waals surface area contributed by atoms with Crippen LogP contribution in [-0.4, -0.2) is 61.1 Å². The molecule has 28 heavy (non-hydrogen) atoms. The van der Waals surface area contributed by atoms with Crippen LogP contribution in [0.15, 0.2) is 24.3 Å². The summed E-state index contributed by atoms with van der Waals surface area (Å²) in [4.78, 5) is 28.9. The quantitative estimate of drug-likeness (QED) is 0.687. The standard InChI is InChI=1S/C22H32N2O4/c1-27-19-10-8-18(9-11-19)16-24(17-20-6-5-15-28-20)22(26)12-14-23-13-4-2-3-7-21(23)25/h8-11,20H,2-7,12-17H2,1H3. The summed E-state index contributed by atoms with van der Waals surface area (Å²) in [5.41, 5.74) is 1.07. The molecule has 2 aliphatic heterocycles. The van der Waals surface area contributed by atoms with Gasteiger partial charge in [0.25, 0.3) is 0 Å². The third-order valence-electron chi connectivity index (χ3n) is 5.60. The van der Waals surface area contributed by atoms with Gasteiger partial charge in [-0.1, -0.05) is 18.6 Å². The lowest BCUT2D eigenvalue weighted by molar-refractivity contribution is -0.135. The van der Waals surface area contributed by atoms with Gasteiger partial charge in [0.15, 0.2) is 0 Å². The second-order valence-electron chi connectivity index (χ2n) is 7.70. The van der Waals surface area contributed by atoms with Gasteiger partial charge < -0.3 is 19.3 Å². The third-order valence-corrected chi connectivity index (χ3v) is 5.60. The lowest BCUT2D eigenvalue weighted by atomic mass is 10.1. The van der Waals surface area contributed by atoms with Crippen molar-refractivity contribution in [1.29, 1.82) is 0 Å². The average molecular weight is 389 g/mol. The minimum Gasteiger partial charge on any atom is -0.497 e. The van der Waals surface area contributed by atoms with Crippen LogP contribution in [0.2, 0.25) is 0 Å². The highest BCUT2D eigenvalue weighted by molar-refractivity contribution is 5.79. The van der Waals surface area contributed by atoms with Gasteiger partial charge in [0.1, 0.15) is 5.75 Å². The summed E-state index contributed by atoms with van der Waals surface area (Å²) in [6.45, 7) is 3.23. The Labute approximate surface area is 167 Å². The van der Waals surface area contributed by atoms with E-state index in [1.807, 2.05) is 34.1 Å². The number of carbonyl (C=O) groups excluding carboxylic acids is 2. The number of ether oxygens (including phenoxy) is 2. The zero-order valence-corrected chi connectivity index (χ0v) is 16.9. The monoisotopic (exact) mass is 388 g/mol. The fraction of sp³-hybridized carbons (Fsp3) is 0.636. The number of nitrogens with zero attached hydrogens (tertiary/aromatic N) is 2. The Balaban J connectivity index is 1.60. The minimum atomic E-state index is 0.0864. The van der Waals surface area contributed by atoms with Gasteiger partial charge in [0, 0.05) is 45.6 Å². The molecule has 6 nitrogen and oxygen atoms in total. The van der Waals surface area contributed by atoms with E-state index in [-0.39, 0.29) is 17.9 Å². The van der Waals surface area contributed by atoms with Crippen molar-refractivity contribution >= 4 is 11.8 Å². The Morgan fingerprint density at radius 3 is 2.75 bits per heavy atom. The van der Waals surface area contributed by atoms with Crippen molar-refractivity contribution in [3.63, 3.8) is 0 Å². The maximum Gasteiger partial charge on any atom is 0.224 e. The molecule has 2 saturated heterocycles. The lowest BCUT2D eigenvalue weighted by Crippen LogP contribution is -2.39. The number of likely N-dealkylation sites (tertiary alicyclic amines) is 1. The minimum absolute atomic E-state index is 0.0864. The van der Waals surface area contributed by atoms with Crippen LogP contribution in [0.3, 0.4) is 0 Å². The fourth-order valence-corrected chi connectivity index (χ4v) is 3.90. The molecule has 2 fully saturated rings. The Morgan fingerprint density at radius 1 is 1.21 bits per heavy atom. The Morgan fingerprint density at radius 2 is 2.04 bits per heavy atom. The average Bonchev–Trinajstić information content (AvgIpc) is 3.14. The largest absolute Gasteiger partial charge is 0.497 e. The van der Waals surface area contributed by atoms with Gasteiger partial charge in [0.2, 0.25) is 11.8 Å². The number of methoxy groups -OCH3 is 1. The van der Waals surface area contributed by atoms with Crippen LogP contribution in [0.4, 0.5) is 0 Å². The van der Waals surface area contributed by atoms with Crippen molar-refractivity contribution < 1.29 is 19.1 Å². The van der Waals surface area contributed by atoms with Crippen molar-refractivity contribution in [3.8, 4) is 5.75 Å². The maximum atomic E-state index is 13.0. The van der Waals surface area contributed by atoms with Gasteiger partial charge in [-0.15, -0.1) is 0 Å². The number of rotatable bonds is 8. The van der Waals surface area contributed by atoms with Gasteiger partial charge in [-0.3, -0.25) is 9.59 Å². The SMILES string of the molecule is COc1ccc(CN(CC2CCCO2)C(=O)CCN2CCCCCC2=O)cc1. The first kappa shape index (κ1) is 20.6. The molecule has 0 aromatic heterocycles. The Kier molecular flexibility index (Phi) is 7.71. The molecule has 0 radical (unpaired) electrons. The predicted molar refractivity (Wildman–Crippen MR) is 107 cm³/mol. The van der Waals surface area contributed by atoms with Crippen molar-refractivity contribution in [2.24, 2.45) is 0 Å². The Bertz CT molecular complexity index is 640. The lowest BCUT2D eigenvalue weighted by Gasteiger charge is -2.27. The van der Waals surface area contributed by atoms with E-state index in [0.29, 0.717) is 32.5 Å². The van der Waals surface area contributed by atoms with Gasteiger partial charge in [0.05, 0.1) is 13.2 Å². The normalized spacial score (nSPS) is 20.1. The van der Waals surface area contributed by atoms with Crippen molar-refractivity contribution in [2.75, 3.05) is 33.4 Å². The van der Waals surface area contributed by atoms with Gasteiger partial charge >= 0.3 is 0 Å².